The summed E-state index contributed by atoms with van der Waals surface area (Å²) in [5.74, 6) is 1.20. The summed E-state index contributed by atoms with van der Waals surface area (Å²) in [5.41, 5.74) is 5.46. The maximum Gasteiger partial charge on any atom is 0.248 e. The van der Waals surface area contributed by atoms with Gasteiger partial charge in [-0.15, -0.1) is 12.4 Å². The van der Waals surface area contributed by atoms with E-state index in [-0.39, 0.29) is 24.2 Å². The Balaban J connectivity index is 0.00000259. The van der Waals surface area contributed by atoms with Crippen LogP contribution in [0.1, 0.15) is 36.0 Å². The maximum absolute atomic E-state index is 12.8. The minimum Gasteiger partial charge on any atom is -0.494 e. The monoisotopic (exact) mass is 469 g/mol. The number of rotatable bonds is 6. The zero-order valence-corrected chi connectivity index (χ0v) is 20.0. The molecule has 1 amide bonds. The third-order valence-electron chi connectivity index (χ3n) is 6.64. The molecule has 1 atom stereocenters. The average Bonchev–Trinajstić information content (AvgIpc) is 2.82. The number of anilines is 1. The molecular weight excluding hydrogens is 438 g/mol. The van der Waals surface area contributed by atoms with Crippen LogP contribution in [0, 0.1) is 12.8 Å². The van der Waals surface area contributed by atoms with Crippen LogP contribution in [-0.2, 0) is 16.0 Å². The van der Waals surface area contributed by atoms with Crippen molar-refractivity contribution in [2.24, 2.45) is 11.0 Å². The first-order valence-electron chi connectivity index (χ1n) is 11.7. The summed E-state index contributed by atoms with van der Waals surface area (Å²) in [7, 11) is 0. The second-order valence-corrected chi connectivity index (χ2v) is 8.94. The number of ether oxygens (including phenoxy) is 2. The van der Waals surface area contributed by atoms with E-state index in [1.807, 2.05) is 37.3 Å². The van der Waals surface area contributed by atoms with Gasteiger partial charge in [0, 0.05) is 37.5 Å². The minimum atomic E-state index is 0. The Morgan fingerprint density at radius 1 is 1.12 bits per heavy atom. The van der Waals surface area contributed by atoms with Crippen molar-refractivity contribution in [2.45, 2.75) is 32.6 Å². The summed E-state index contributed by atoms with van der Waals surface area (Å²) < 4.78 is 11.5. The van der Waals surface area contributed by atoms with E-state index in [4.69, 9.17) is 14.6 Å². The van der Waals surface area contributed by atoms with Gasteiger partial charge >= 0.3 is 0 Å². The smallest absolute Gasteiger partial charge is 0.248 e. The highest BCUT2D eigenvalue weighted by atomic mass is 35.5. The van der Waals surface area contributed by atoms with E-state index in [1.54, 1.807) is 5.01 Å². The van der Waals surface area contributed by atoms with E-state index >= 15 is 0 Å². The Morgan fingerprint density at radius 2 is 1.91 bits per heavy atom. The molecule has 33 heavy (non-hydrogen) atoms. The molecule has 0 N–H and O–H groups in total. The molecule has 0 spiro atoms. The van der Waals surface area contributed by atoms with E-state index in [1.165, 1.54) is 11.1 Å². The van der Waals surface area contributed by atoms with Crippen LogP contribution < -0.4 is 9.75 Å². The quantitative estimate of drug-likeness (QED) is 0.594. The van der Waals surface area contributed by atoms with Crippen LogP contribution in [0.15, 0.2) is 47.6 Å². The fraction of sp³-hybridized carbons (Fsp3) is 0.462. The molecule has 7 heteroatoms. The molecule has 2 heterocycles. The fourth-order valence-electron chi connectivity index (χ4n) is 4.79. The summed E-state index contributed by atoms with van der Waals surface area (Å²) in [6, 6.07) is 14.3. The van der Waals surface area contributed by atoms with Gasteiger partial charge in [0.25, 0.3) is 0 Å². The first kappa shape index (κ1) is 23.7. The lowest BCUT2D eigenvalue weighted by molar-refractivity contribution is -0.119. The lowest BCUT2D eigenvalue weighted by Crippen LogP contribution is -2.39. The Kier molecular flexibility index (Phi) is 7.68. The highest BCUT2D eigenvalue weighted by Gasteiger charge is 2.34. The number of hydrogen-bond donors (Lipinski definition) is 0. The molecule has 6 nitrogen and oxygen atoms in total. The largest absolute Gasteiger partial charge is 0.494 e. The number of aryl methyl sites for hydroxylation is 2. The van der Waals surface area contributed by atoms with Crippen molar-refractivity contribution in [3.63, 3.8) is 0 Å². The third-order valence-corrected chi connectivity index (χ3v) is 6.64. The average molecular weight is 470 g/mol. The number of fused-ring (bicyclic) bond motifs is 3. The van der Waals surface area contributed by atoms with Crippen molar-refractivity contribution in [1.29, 1.82) is 0 Å². The number of halogens is 1. The van der Waals surface area contributed by atoms with E-state index in [0.717, 1.165) is 81.4 Å². The summed E-state index contributed by atoms with van der Waals surface area (Å²) in [4.78, 5) is 15.2. The lowest BCUT2D eigenvalue weighted by atomic mass is 9.79. The van der Waals surface area contributed by atoms with Crippen LogP contribution in [0.4, 0.5) is 5.69 Å². The first-order valence-corrected chi connectivity index (χ1v) is 11.7. The van der Waals surface area contributed by atoms with Gasteiger partial charge in [0.2, 0.25) is 5.91 Å². The van der Waals surface area contributed by atoms with Crippen molar-refractivity contribution in [1.82, 2.24) is 4.90 Å². The van der Waals surface area contributed by atoms with Gasteiger partial charge < -0.3 is 9.47 Å². The van der Waals surface area contributed by atoms with Gasteiger partial charge in [0.15, 0.2) is 0 Å². The zero-order chi connectivity index (χ0) is 21.9. The number of carbonyl (C=O) groups excluding carboxylic acids is 1. The number of hydrazone groups is 1. The van der Waals surface area contributed by atoms with Gasteiger partial charge in [0.1, 0.15) is 5.75 Å². The second kappa shape index (κ2) is 10.7. The summed E-state index contributed by atoms with van der Waals surface area (Å²) in [6.07, 6.45) is 3.45. The standard InChI is InChI=1S/C26H31N3O3.ClH/c1-19-3-7-22(8-4-19)29-25(30)18-21-6-5-20-17-23(9-10-24(20)26(21)27-29)32-14-2-11-28-12-15-31-16-13-28;/h3-4,7-10,17,21H,2,5-6,11-16,18H2,1H3;1H. The zero-order valence-electron chi connectivity index (χ0n) is 19.2. The highest BCUT2D eigenvalue weighted by Crippen LogP contribution is 2.35. The first-order chi connectivity index (χ1) is 15.7. The van der Waals surface area contributed by atoms with Gasteiger partial charge in [-0.1, -0.05) is 17.7 Å². The normalized spacial score (nSPS) is 20.4. The fourth-order valence-corrected chi connectivity index (χ4v) is 4.79. The molecular formula is C26H32ClN3O3. The van der Waals surface area contributed by atoms with Gasteiger partial charge in [-0.2, -0.15) is 5.10 Å². The van der Waals surface area contributed by atoms with Crippen LogP contribution >= 0.6 is 12.4 Å². The number of benzene rings is 2. The SMILES string of the molecule is Cc1ccc(N2N=C3c4ccc(OCCCN5CCOCC5)cc4CCC3CC2=O)cc1.Cl. The molecule has 2 aromatic carbocycles. The van der Waals surface area contributed by atoms with Crippen LogP contribution in [0.2, 0.25) is 0 Å². The summed E-state index contributed by atoms with van der Waals surface area (Å²) >= 11 is 0. The van der Waals surface area contributed by atoms with Crippen molar-refractivity contribution in [2.75, 3.05) is 44.5 Å². The Labute approximate surface area is 202 Å². The molecule has 0 radical (unpaired) electrons. The number of hydrogen-bond acceptors (Lipinski definition) is 5. The third kappa shape index (κ3) is 5.40. The van der Waals surface area contributed by atoms with Gasteiger partial charge in [-0.05, 0) is 62.1 Å². The van der Waals surface area contributed by atoms with Gasteiger partial charge in [0.05, 0.1) is 31.2 Å². The van der Waals surface area contributed by atoms with E-state index in [0.29, 0.717) is 6.42 Å². The van der Waals surface area contributed by atoms with Crippen molar-refractivity contribution < 1.29 is 14.3 Å². The van der Waals surface area contributed by atoms with Crippen LogP contribution in [0.5, 0.6) is 5.75 Å². The molecule has 3 aliphatic rings. The maximum atomic E-state index is 12.8. The number of carbonyl (C=O) groups is 1. The van der Waals surface area contributed by atoms with Crippen molar-refractivity contribution in [3.05, 3.63) is 59.2 Å². The summed E-state index contributed by atoms with van der Waals surface area (Å²) in [5, 5.41) is 6.41. The molecule has 1 aliphatic carbocycles. The van der Waals surface area contributed by atoms with Gasteiger partial charge in [-0.3, -0.25) is 9.69 Å². The predicted molar refractivity (Wildman–Crippen MR) is 133 cm³/mol. The molecule has 5 rings (SSSR count). The van der Waals surface area contributed by atoms with Gasteiger partial charge in [-0.25, -0.2) is 5.01 Å². The predicted octanol–water partition coefficient (Wildman–Crippen LogP) is 4.22. The van der Waals surface area contributed by atoms with Crippen LogP contribution in [0.3, 0.4) is 0 Å². The van der Waals surface area contributed by atoms with E-state index < -0.39 is 0 Å². The molecule has 1 unspecified atom stereocenters. The molecule has 2 aliphatic heterocycles. The second-order valence-electron chi connectivity index (χ2n) is 8.94. The Bertz CT molecular complexity index is 1000. The lowest BCUT2D eigenvalue weighted by Gasteiger charge is -2.33. The number of morpholine rings is 1. The van der Waals surface area contributed by atoms with E-state index in [9.17, 15) is 4.79 Å². The molecule has 0 saturated carbocycles. The summed E-state index contributed by atoms with van der Waals surface area (Å²) in [6.45, 7) is 7.52. The topological polar surface area (TPSA) is 54.4 Å². The highest BCUT2D eigenvalue weighted by molar-refractivity contribution is 6.11. The molecule has 176 valence electrons. The number of amides is 1. The molecule has 1 fully saturated rings. The molecule has 2 aromatic rings. The van der Waals surface area contributed by atoms with Crippen LogP contribution in [-0.4, -0.2) is 56.0 Å². The Hall–Kier alpha value is -2.41. The minimum absolute atomic E-state index is 0. The van der Waals surface area contributed by atoms with Crippen molar-refractivity contribution in [3.8, 4) is 5.75 Å². The Morgan fingerprint density at radius 3 is 2.70 bits per heavy atom. The van der Waals surface area contributed by atoms with Crippen LogP contribution in [0.25, 0.3) is 0 Å². The molecule has 1 saturated heterocycles. The van der Waals surface area contributed by atoms with Crippen molar-refractivity contribution >= 4 is 29.7 Å². The molecule has 0 bridgehead atoms. The molecule has 0 aromatic heterocycles. The van der Waals surface area contributed by atoms with E-state index in [2.05, 4.69) is 17.0 Å². The number of nitrogens with zero attached hydrogens (tertiary/aromatic N) is 3.